The number of rotatable bonds is 5. The van der Waals surface area contributed by atoms with E-state index in [1.165, 1.54) is 5.56 Å². The molecule has 1 aliphatic rings. The SMILES string of the molecule is COc1ccc(C2=NN(c3cccc(Cl)c3)[C@H](c3ccc(OC)cc3)C2)cc1. The predicted molar refractivity (Wildman–Crippen MR) is 114 cm³/mol. The molecule has 28 heavy (non-hydrogen) atoms. The summed E-state index contributed by atoms with van der Waals surface area (Å²) in [7, 11) is 3.34. The number of halogens is 1. The van der Waals surface area contributed by atoms with Crippen molar-refractivity contribution in [1.82, 2.24) is 0 Å². The number of benzene rings is 3. The Hall–Kier alpha value is -2.98. The van der Waals surface area contributed by atoms with Crippen molar-refractivity contribution in [3.8, 4) is 11.5 Å². The van der Waals surface area contributed by atoms with Gasteiger partial charge in [0.2, 0.25) is 0 Å². The fourth-order valence-electron chi connectivity index (χ4n) is 3.41. The van der Waals surface area contributed by atoms with E-state index in [4.69, 9.17) is 26.2 Å². The molecule has 142 valence electrons. The summed E-state index contributed by atoms with van der Waals surface area (Å²) in [6.45, 7) is 0. The number of anilines is 1. The van der Waals surface area contributed by atoms with Crippen LogP contribution in [0.4, 0.5) is 5.69 Å². The van der Waals surface area contributed by atoms with Crippen molar-refractivity contribution < 1.29 is 9.47 Å². The first-order valence-electron chi connectivity index (χ1n) is 9.08. The fourth-order valence-corrected chi connectivity index (χ4v) is 3.60. The minimum Gasteiger partial charge on any atom is -0.497 e. The van der Waals surface area contributed by atoms with E-state index in [-0.39, 0.29) is 6.04 Å². The summed E-state index contributed by atoms with van der Waals surface area (Å²) in [4.78, 5) is 0. The third kappa shape index (κ3) is 3.69. The van der Waals surface area contributed by atoms with Crippen LogP contribution < -0.4 is 14.5 Å². The van der Waals surface area contributed by atoms with Gasteiger partial charge in [0, 0.05) is 11.4 Å². The number of hydrogen-bond acceptors (Lipinski definition) is 4. The topological polar surface area (TPSA) is 34.1 Å². The van der Waals surface area contributed by atoms with E-state index < -0.39 is 0 Å². The highest BCUT2D eigenvalue weighted by atomic mass is 35.5. The van der Waals surface area contributed by atoms with Gasteiger partial charge in [-0.05, 0) is 65.7 Å². The Morgan fingerprint density at radius 1 is 0.893 bits per heavy atom. The summed E-state index contributed by atoms with van der Waals surface area (Å²) in [6, 6.07) is 24.0. The zero-order chi connectivity index (χ0) is 19.5. The number of nitrogens with zero attached hydrogens (tertiary/aromatic N) is 2. The van der Waals surface area contributed by atoms with Crippen LogP contribution in [0.25, 0.3) is 0 Å². The average molecular weight is 393 g/mol. The Balaban J connectivity index is 1.71. The maximum absolute atomic E-state index is 6.24. The van der Waals surface area contributed by atoms with Gasteiger partial charge in [0.1, 0.15) is 11.5 Å². The molecule has 1 atom stereocenters. The standard InChI is InChI=1S/C23H21ClN2O2/c1-27-20-10-6-16(7-11-20)22-15-23(17-8-12-21(28-2)13-9-17)26(25-22)19-5-3-4-18(24)14-19/h3-14,23H,15H2,1-2H3/t23-/m0/s1. The molecule has 3 aromatic carbocycles. The van der Waals surface area contributed by atoms with Gasteiger partial charge in [-0.3, -0.25) is 5.01 Å². The molecule has 1 aliphatic heterocycles. The van der Waals surface area contributed by atoms with E-state index in [0.29, 0.717) is 5.02 Å². The molecule has 0 saturated heterocycles. The van der Waals surface area contributed by atoms with Crippen molar-refractivity contribution in [2.45, 2.75) is 12.5 Å². The van der Waals surface area contributed by atoms with E-state index in [9.17, 15) is 0 Å². The summed E-state index contributed by atoms with van der Waals surface area (Å²) in [6.07, 6.45) is 0.797. The molecule has 0 aliphatic carbocycles. The molecule has 0 spiro atoms. The average Bonchev–Trinajstić information content (AvgIpc) is 3.19. The van der Waals surface area contributed by atoms with Gasteiger partial charge < -0.3 is 9.47 Å². The summed E-state index contributed by atoms with van der Waals surface area (Å²) < 4.78 is 10.6. The molecule has 5 heteroatoms. The summed E-state index contributed by atoms with van der Waals surface area (Å²) in [5, 5.41) is 7.69. The number of hydrazone groups is 1. The Morgan fingerprint density at radius 3 is 2.14 bits per heavy atom. The molecule has 0 unspecified atom stereocenters. The van der Waals surface area contributed by atoms with Crippen molar-refractivity contribution >= 4 is 23.0 Å². The first-order chi connectivity index (χ1) is 13.7. The van der Waals surface area contributed by atoms with Crippen LogP contribution >= 0.6 is 11.6 Å². The molecule has 4 rings (SSSR count). The Kier molecular flexibility index (Phi) is 5.22. The van der Waals surface area contributed by atoms with Crippen LogP contribution in [0.15, 0.2) is 77.9 Å². The Labute approximate surface area is 170 Å². The molecule has 3 aromatic rings. The lowest BCUT2D eigenvalue weighted by Crippen LogP contribution is -2.18. The zero-order valence-corrected chi connectivity index (χ0v) is 16.6. The second-order valence-corrected chi connectivity index (χ2v) is 7.03. The van der Waals surface area contributed by atoms with Gasteiger partial charge >= 0.3 is 0 Å². The van der Waals surface area contributed by atoms with E-state index >= 15 is 0 Å². The predicted octanol–water partition coefficient (Wildman–Crippen LogP) is 5.71. The van der Waals surface area contributed by atoms with Gasteiger partial charge in [-0.25, -0.2) is 0 Å². The van der Waals surface area contributed by atoms with Gasteiger partial charge in [-0.2, -0.15) is 5.10 Å². The normalized spacial score (nSPS) is 16.0. The minimum atomic E-state index is 0.0847. The number of ether oxygens (including phenoxy) is 2. The Bertz CT molecular complexity index is 984. The first-order valence-corrected chi connectivity index (χ1v) is 9.46. The summed E-state index contributed by atoms with van der Waals surface area (Å²) in [5.74, 6) is 1.67. The first kappa shape index (κ1) is 18.4. The van der Waals surface area contributed by atoms with Crippen LogP contribution in [0.5, 0.6) is 11.5 Å². The summed E-state index contributed by atoms with van der Waals surface area (Å²) in [5.41, 5.74) is 4.26. The second-order valence-electron chi connectivity index (χ2n) is 6.59. The molecule has 0 N–H and O–H groups in total. The second kappa shape index (κ2) is 7.95. The lowest BCUT2D eigenvalue weighted by molar-refractivity contribution is 0.414. The number of methoxy groups -OCH3 is 2. The summed E-state index contributed by atoms with van der Waals surface area (Å²) >= 11 is 6.24. The molecular weight excluding hydrogens is 372 g/mol. The molecule has 0 radical (unpaired) electrons. The van der Waals surface area contributed by atoms with Crippen LogP contribution in [0.2, 0.25) is 5.02 Å². The van der Waals surface area contributed by atoms with Crippen LogP contribution in [0.1, 0.15) is 23.6 Å². The highest BCUT2D eigenvalue weighted by Crippen LogP contribution is 2.38. The molecule has 4 nitrogen and oxygen atoms in total. The smallest absolute Gasteiger partial charge is 0.118 e. The van der Waals surface area contributed by atoms with Gasteiger partial charge in [0.25, 0.3) is 0 Å². The van der Waals surface area contributed by atoms with Crippen LogP contribution in [-0.4, -0.2) is 19.9 Å². The van der Waals surface area contributed by atoms with Crippen molar-refractivity contribution in [3.63, 3.8) is 0 Å². The van der Waals surface area contributed by atoms with Crippen molar-refractivity contribution in [2.75, 3.05) is 19.2 Å². The van der Waals surface area contributed by atoms with Gasteiger partial charge in [-0.15, -0.1) is 0 Å². The third-order valence-corrected chi connectivity index (χ3v) is 5.14. The lowest BCUT2D eigenvalue weighted by atomic mass is 9.98. The quantitative estimate of drug-likeness (QED) is 0.557. The largest absolute Gasteiger partial charge is 0.497 e. The maximum Gasteiger partial charge on any atom is 0.118 e. The minimum absolute atomic E-state index is 0.0847. The lowest BCUT2D eigenvalue weighted by Gasteiger charge is -2.24. The van der Waals surface area contributed by atoms with Gasteiger partial charge in [0.05, 0.1) is 31.7 Å². The highest BCUT2D eigenvalue weighted by molar-refractivity contribution is 6.30. The van der Waals surface area contributed by atoms with Crippen LogP contribution in [0.3, 0.4) is 0 Å². The van der Waals surface area contributed by atoms with E-state index in [0.717, 1.165) is 34.9 Å². The van der Waals surface area contributed by atoms with Crippen molar-refractivity contribution in [3.05, 3.63) is 88.9 Å². The molecule has 0 fully saturated rings. The van der Waals surface area contributed by atoms with Crippen LogP contribution in [0, 0.1) is 0 Å². The van der Waals surface area contributed by atoms with Gasteiger partial charge in [-0.1, -0.05) is 29.8 Å². The number of hydrogen-bond donors (Lipinski definition) is 0. The molecule has 0 bridgehead atoms. The monoisotopic (exact) mass is 392 g/mol. The van der Waals surface area contributed by atoms with E-state index in [2.05, 4.69) is 12.1 Å². The third-order valence-electron chi connectivity index (χ3n) is 4.91. The molecule has 1 heterocycles. The molecule has 0 saturated carbocycles. The highest BCUT2D eigenvalue weighted by Gasteiger charge is 2.30. The van der Waals surface area contributed by atoms with Crippen molar-refractivity contribution in [1.29, 1.82) is 0 Å². The molecule has 0 amide bonds. The molecular formula is C23H21ClN2O2. The van der Waals surface area contributed by atoms with Crippen molar-refractivity contribution in [2.24, 2.45) is 5.10 Å². The van der Waals surface area contributed by atoms with E-state index in [1.807, 2.05) is 65.7 Å². The van der Waals surface area contributed by atoms with Gasteiger partial charge in [0.15, 0.2) is 0 Å². The molecule has 0 aromatic heterocycles. The fraction of sp³-hybridized carbons (Fsp3) is 0.174. The maximum atomic E-state index is 6.24. The Morgan fingerprint density at radius 2 is 1.54 bits per heavy atom. The zero-order valence-electron chi connectivity index (χ0n) is 15.8. The van der Waals surface area contributed by atoms with Crippen LogP contribution in [-0.2, 0) is 0 Å². The van der Waals surface area contributed by atoms with E-state index in [1.54, 1.807) is 14.2 Å².